The van der Waals surface area contributed by atoms with Gasteiger partial charge in [0.05, 0.1) is 17.1 Å². The lowest BCUT2D eigenvalue weighted by molar-refractivity contribution is 0.0939. The Labute approximate surface area is 190 Å². The monoisotopic (exact) mass is 445 g/mol. The summed E-state index contributed by atoms with van der Waals surface area (Å²) in [4.78, 5) is 21.0. The van der Waals surface area contributed by atoms with Crippen LogP contribution in [0.3, 0.4) is 0 Å². The number of hydrogen-bond donors (Lipinski definition) is 2. The molecule has 0 spiro atoms. The van der Waals surface area contributed by atoms with Gasteiger partial charge in [0.2, 0.25) is 0 Å². The summed E-state index contributed by atoms with van der Waals surface area (Å²) in [6.45, 7) is 3.06. The highest BCUT2D eigenvalue weighted by Gasteiger charge is 2.18. The minimum absolute atomic E-state index is 0.104. The van der Waals surface area contributed by atoms with E-state index in [1.165, 1.54) is 0 Å². The van der Waals surface area contributed by atoms with E-state index in [0.29, 0.717) is 24.5 Å². The standard InChI is InChI=1S/C25H23N3O3S/c1-16(17-10-11-22-23(14-17)31-13-12-30-22)26-24(29)19-7-3-2-6-18(19)15-32-25-27-20-8-4-5-9-21(20)28-25/h2-11,14,16H,12-13,15H2,1H3,(H,26,29)(H,27,28). The molecule has 1 amide bonds. The molecule has 0 bridgehead atoms. The van der Waals surface area contributed by atoms with Crippen LogP contribution >= 0.6 is 11.8 Å². The largest absolute Gasteiger partial charge is 0.486 e. The Hall–Kier alpha value is -3.45. The lowest BCUT2D eigenvalue weighted by atomic mass is 10.0. The topological polar surface area (TPSA) is 76.2 Å². The fourth-order valence-corrected chi connectivity index (χ4v) is 4.59. The van der Waals surface area contributed by atoms with Gasteiger partial charge in [-0.3, -0.25) is 4.79 Å². The molecule has 1 aliphatic rings. The molecule has 1 aromatic heterocycles. The number of imidazole rings is 1. The van der Waals surface area contributed by atoms with Crippen molar-refractivity contribution in [1.29, 1.82) is 0 Å². The molecule has 6 nitrogen and oxygen atoms in total. The molecule has 0 radical (unpaired) electrons. The third-order valence-corrected chi connectivity index (χ3v) is 6.33. The Morgan fingerprint density at radius 1 is 1.06 bits per heavy atom. The van der Waals surface area contributed by atoms with E-state index in [-0.39, 0.29) is 11.9 Å². The zero-order chi connectivity index (χ0) is 21.9. The Balaban J connectivity index is 1.28. The number of hydrogen-bond acceptors (Lipinski definition) is 5. The molecule has 4 aromatic rings. The fourth-order valence-electron chi connectivity index (χ4n) is 3.70. The molecule has 0 saturated carbocycles. The lowest BCUT2D eigenvalue weighted by Crippen LogP contribution is -2.27. The van der Waals surface area contributed by atoms with Crippen molar-refractivity contribution in [1.82, 2.24) is 15.3 Å². The number of fused-ring (bicyclic) bond motifs is 2. The Bertz CT molecular complexity index is 1240. The molecule has 32 heavy (non-hydrogen) atoms. The van der Waals surface area contributed by atoms with Crippen LogP contribution in [0.15, 0.2) is 71.9 Å². The van der Waals surface area contributed by atoms with E-state index in [4.69, 9.17) is 9.47 Å². The van der Waals surface area contributed by atoms with Gasteiger partial charge in [0.25, 0.3) is 5.91 Å². The Kier molecular flexibility index (Phi) is 5.73. The van der Waals surface area contributed by atoms with E-state index in [1.807, 2.05) is 73.7 Å². The van der Waals surface area contributed by atoms with Crippen LogP contribution in [0.4, 0.5) is 0 Å². The number of rotatable bonds is 6. The van der Waals surface area contributed by atoms with E-state index in [9.17, 15) is 4.79 Å². The molecule has 1 atom stereocenters. The first-order valence-corrected chi connectivity index (χ1v) is 11.5. The van der Waals surface area contributed by atoms with Crippen LogP contribution in [-0.4, -0.2) is 29.1 Å². The molecule has 1 aliphatic heterocycles. The molecule has 5 rings (SSSR count). The quantitative estimate of drug-likeness (QED) is 0.403. The van der Waals surface area contributed by atoms with Crippen molar-refractivity contribution in [2.45, 2.75) is 23.9 Å². The third-order valence-electron chi connectivity index (χ3n) is 5.41. The maximum atomic E-state index is 13.1. The van der Waals surface area contributed by atoms with Gasteiger partial charge in [-0.15, -0.1) is 0 Å². The van der Waals surface area contributed by atoms with Crippen molar-refractivity contribution in [2.75, 3.05) is 13.2 Å². The van der Waals surface area contributed by atoms with Crippen molar-refractivity contribution in [2.24, 2.45) is 0 Å². The van der Waals surface area contributed by atoms with Crippen LogP contribution in [0.5, 0.6) is 11.5 Å². The van der Waals surface area contributed by atoms with E-state index in [0.717, 1.165) is 38.8 Å². The van der Waals surface area contributed by atoms with Crippen molar-refractivity contribution < 1.29 is 14.3 Å². The number of carbonyl (C=O) groups excluding carboxylic acids is 1. The minimum Gasteiger partial charge on any atom is -0.486 e. The summed E-state index contributed by atoms with van der Waals surface area (Å²) in [5, 5.41) is 3.95. The third kappa shape index (κ3) is 4.29. The molecule has 0 saturated heterocycles. The lowest BCUT2D eigenvalue weighted by Gasteiger charge is -2.21. The van der Waals surface area contributed by atoms with E-state index in [2.05, 4.69) is 15.3 Å². The molecular weight excluding hydrogens is 422 g/mol. The summed E-state index contributed by atoms with van der Waals surface area (Å²) < 4.78 is 11.3. The number of aromatic nitrogens is 2. The minimum atomic E-state index is -0.172. The highest BCUT2D eigenvalue weighted by Crippen LogP contribution is 2.33. The van der Waals surface area contributed by atoms with Gasteiger partial charge in [-0.25, -0.2) is 4.98 Å². The zero-order valence-corrected chi connectivity index (χ0v) is 18.4. The highest BCUT2D eigenvalue weighted by molar-refractivity contribution is 7.98. The van der Waals surface area contributed by atoms with Crippen LogP contribution < -0.4 is 14.8 Å². The number of aromatic amines is 1. The van der Waals surface area contributed by atoms with Crippen LogP contribution in [0.25, 0.3) is 11.0 Å². The van der Waals surface area contributed by atoms with Crippen molar-refractivity contribution in [3.8, 4) is 11.5 Å². The average molecular weight is 446 g/mol. The summed E-state index contributed by atoms with van der Waals surface area (Å²) in [5.74, 6) is 2.00. The van der Waals surface area contributed by atoms with Crippen molar-refractivity contribution in [3.05, 3.63) is 83.4 Å². The summed E-state index contributed by atoms with van der Waals surface area (Å²) in [5.41, 5.74) is 4.55. The number of ether oxygens (including phenoxy) is 2. The molecule has 0 fully saturated rings. The normalized spacial score (nSPS) is 13.7. The van der Waals surface area contributed by atoms with Gasteiger partial charge >= 0.3 is 0 Å². The van der Waals surface area contributed by atoms with E-state index in [1.54, 1.807) is 11.8 Å². The summed E-state index contributed by atoms with van der Waals surface area (Å²) in [6.07, 6.45) is 0. The van der Waals surface area contributed by atoms with E-state index >= 15 is 0 Å². The van der Waals surface area contributed by atoms with Gasteiger partial charge in [-0.05, 0) is 48.4 Å². The summed E-state index contributed by atoms with van der Waals surface area (Å²) in [7, 11) is 0. The number of nitrogens with zero attached hydrogens (tertiary/aromatic N) is 1. The maximum Gasteiger partial charge on any atom is 0.252 e. The Morgan fingerprint density at radius 2 is 1.84 bits per heavy atom. The first-order chi connectivity index (χ1) is 15.7. The van der Waals surface area contributed by atoms with Crippen LogP contribution in [0.1, 0.15) is 34.5 Å². The number of nitrogens with one attached hydrogen (secondary N) is 2. The fraction of sp³-hybridized carbons (Fsp3) is 0.200. The first-order valence-electron chi connectivity index (χ1n) is 10.5. The second-order valence-corrected chi connectivity index (χ2v) is 8.57. The molecule has 7 heteroatoms. The van der Waals surface area contributed by atoms with Crippen LogP contribution in [0.2, 0.25) is 0 Å². The molecule has 3 aromatic carbocycles. The second kappa shape index (κ2) is 8.96. The number of thioether (sulfide) groups is 1. The molecule has 2 N–H and O–H groups in total. The second-order valence-electron chi connectivity index (χ2n) is 7.60. The van der Waals surface area contributed by atoms with Gasteiger partial charge in [0.15, 0.2) is 16.7 Å². The number of amides is 1. The smallest absolute Gasteiger partial charge is 0.252 e. The molecular formula is C25H23N3O3S. The van der Waals surface area contributed by atoms with Gasteiger partial charge in [-0.1, -0.05) is 48.2 Å². The first kappa shape index (κ1) is 20.5. The number of H-pyrrole nitrogens is 1. The van der Waals surface area contributed by atoms with Crippen LogP contribution in [0, 0.1) is 0 Å². The Morgan fingerprint density at radius 3 is 2.72 bits per heavy atom. The summed E-state index contributed by atoms with van der Waals surface area (Å²) >= 11 is 1.58. The van der Waals surface area contributed by atoms with Crippen molar-refractivity contribution in [3.63, 3.8) is 0 Å². The van der Waals surface area contributed by atoms with Crippen LogP contribution in [-0.2, 0) is 5.75 Å². The maximum absolute atomic E-state index is 13.1. The summed E-state index contributed by atoms with van der Waals surface area (Å²) in [6, 6.07) is 21.2. The SMILES string of the molecule is CC(NC(=O)c1ccccc1CSc1nc2ccccc2[nH]1)c1ccc2c(c1)OCCO2. The number of benzene rings is 3. The highest BCUT2D eigenvalue weighted by atomic mass is 32.2. The van der Waals surface area contributed by atoms with Gasteiger partial charge in [0.1, 0.15) is 13.2 Å². The van der Waals surface area contributed by atoms with E-state index < -0.39 is 0 Å². The number of carbonyl (C=O) groups is 1. The molecule has 2 heterocycles. The predicted octanol–water partition coefficient (Wildman–Crippen LogP) is 5.12. The van der Waals surface area contributed by atoms with Gasteiger partial charge in [0, 0.05) is 11.3 Å². The van der Waals surface area contributed by atoms with Crippen molar-refractivity contribution >= 4 is 28.7 Å². The zero-order valence-electron chi connectivity index (χ0n) is 17.6. The number of para-hydroxylation sites is 2. The van der Waals surface area contributed by atoms with Gasteiger partial charge in [-0.2, -0.15) is 0 Å². The molecule has 1 unspecified atom stereocenters. The molecule has 0 aliphatic carbocycles. The van der Waals surface area contributed by atoms with Gasteiger partial charge < -0.3 is 19.8 Å². The predicted molar refractivity (Wildman–Crippen MR) is 125 cm³/mol. The molecule has 162 valence electrons. The average Bonchev–Trinajstić information content (AvgIpc) is 3.25.